The Labute approximate surface area is 83.5 Å². The molecule has 0 saturated heterocycles. The van der Waals surface area contributed by atoms with E-state index in [-0.39, 0.29) is 0 Å². The third-order valence-electron chi connectivity index (χ3n) is 1.31. The van der Waals surface area contributed by atoms with Crippen molar-refractivity contribution in [2.45, 2.75) is 24.4 Å². The highest BCUT2D eigenvalue weighted by Crippen LogP contribution is 2.40. The lowest BCUT2D eigenvalue weighted by Gasteiger charge is -2.24. The Hall–Kier alpha value is -0.530. The molecule has 0 radical (unpaired) electrons. The Bertz CT molecular complexity index is 244. The normalized spacial score (nSPS) is 18.9. The maximum Gasteiger partial charge on any atom is 0.425 e. The van der Waals surface area contributed by atoms with Gasteiger partial charge in [0.15, 0.2) is 0 Å². The third-order valence-corrected chi connectivity index (χ3v) is 1.58. The van der Waals surface area contributed by atoms with Gasteiger partial charge in [0.05, 0.1) is 5.03 Å². The molecular formula is C6H3ClF8. The molecule has 0 aromatic carbocycles. The summed E-state index contributed by atoms with van der Waals surface area (Å²) in [5.41, 5.74) is 0. The van der Waals surface area contributed by atoms with Crippen molar-refractivity contribution < 1.29 is 35.1 Å². The molecule has 0 N–H and O–H groups in total. The fraction of sp³-hybridized carbons (Fsp3) is 0.667. The second-order valence-corrected chi connectivity index (χ2v) is 2.87. The molecule has 0 aromatic rings. The molecule has 0 aliphatic rings. The van der Waals surface area contributed by atoms with Crippen LogP contribution < -0.4 is 0 Å². The SMILES string of the molecule is FC=C(Cl)C(F)C(F)(F)C(F)C(F)(F)F. The van der Waals surface area contributed by atoms with Crippen LogP contribution in [0.3, 0.4) is 0 Å². The van der Waals surface area contributed by atoms with Crippen LogP contribution in [0.2, 0.25) is 0 Å². The predicted molar refractivity (Wildman–Crippen MR) is 35.8 cm³/mol. The zero-order chi connectivity index (χ0) is 12.4. The topological polar surface area (TPSA) is 0 Å². The van der Waals surface area contributed by atoms with E-state index in [2.05, 4.69) is 11.6 Å². The quantitative estimate of drug-likeness (QED) is 0.677. The van der Waals surface area contributed by atoms with E-state index in [1.807, 2.05) is 0 Å². The van der Waals surface area contributed by atoms with Crippen molar-refractivity contribution in [2.75, 3.05) is 0 Å². The number of hydrogen-bond donors (Lipinski definition) is 0. The van der Waals surface area contributed by atoms with Crippen LogP contribution >= 0.6 is 11.6 Å². The highest BCUT2D eigenvalue weighted by atomic mass is 35.5. The second kappa shape index (κ2) is 4.54. The van der Waals surface area contributed by atoms with E-state index < -0.39 is 35.8 Å². The van der Waals surface area contributed by atoms with E-state index in [4.69, 9.17) is 0 Å². The minimum Gasteiger partial charge on any atom is -0.234 e. The monoisotopic (exact) mass is 262 g/mol. The molecular weight excluding hydrogens is 260 g/mol. The van der Waals surface area contributed by atoms with Crippen LogP contribution in [0.1, 0.15) is 0 Å². The summed E-state index contributed by atoms with van der Waals surface area (Å²) in [6.07, 6.45) is -15.5. The summed E-state index contributed by atoms with van der Waals surface area (Å²) in [4.78, 5) is 0. The number of allylic oxidation sites excluding steroid dienone is 1. The van der Waals surface area contributed by atoms with Gasteiger partial charge in [0.25, 0.3) is 6.17 Å². The fourth-order valence-corrected chi connectivity index (χ4v) is 0.731. The molecule has 0 aliphatic heterocycles. The van der Waals surface area contributed by atoms with Gasteiger partial charge in [-0.3, -0.25) is 0 Å². The van der Waals surface area contributed by atoms with Gasteiger partial charge in [0, 0.05) is 0 Å². The first-order valence-electron chi connectivity index (χ1n) is 3.23. The van der Waals surface area contributed by atoms with Gasteiger partial charge in [0.1, 0.15) is 6.33 Å². The predicted octanol–water partition coefficient (Wildman–Crippen LogP) is 3.91. The molecule has 2 unspecified atom stereocenters. The zero-order valence-corrected chi connectivity index (χ0v) is 7.39. The van der Waals surface area contributed by atoms with Crippen LogP contribution in [-0.4, -0.2) is 24.4 Å². The minimum atomic E-state index is -5.96. The highest BCUT2D eigenvalue weighted by molar-refractivity contribution is 6.30. The molecule has 0 heterocycles. The first kappa shape index (κ1) is 14.5. The van der Waals surface area contributed by atoms with Gasteiger partial charge in [-0.25, -0.2) is 13.2 Å². The molecule has 9 heteroatoms. The first-order chi connectivity index (χ1) is 6.55. The maximum atomic E-state index is 12.4. The summed E-state index contributed by atoms with van der Waals surface area (Å²) in [5.74, 6) is -5.47. The van der Waals surface area contributed by atoms with Gasteiger partial charge < -0.3 is 0 Å². The van der Waals surface area contributed by atoms with Gasteiger partial charge >= 0.3 is 12.1 Å². The second-order valence-electron chi connectivity index (χ2n) is 2.44. The van der Waals surface area contributed by atoms with Crippen molar-refractivity contribution in [3.05, 3.63) is 11.4 Å². The van der Waals surface area contributed by atoms with E-state index in [1.165, 1.54) is 0 Å². The van der Waals surface area contributed by atoms with Crippen molar-refractivity contribution in [1.82, 2.24) is 0 Å². The van der Waals surface area contributed by atoms with Crippen LogP contribution in [0.15, 0.2) is 11.4 Å². The average molecular weight is 263 g/mol. The summed E-state index contributed by atoms with van der Waals surface area (Å²) < 4.78 is 95.2. The molecule has 0 aromatic heterocycles. The summed E-state index contributed by atoms with van der Waals surface area (Å²) in [5, 5.41) is -1.84. The Morgan fingerprint density at radius 2 is 1.47 bits per heavy atom. The summed E-state index contributed by atoms with van der Waals surface area (Å²) in [6, 6.07) is 0. The molecule has 0 spiro atoms. The standard InChI is InChI=1S/C6H3ClF8/c7-2(1-8)3(9)5(11,12)4(10)6(13,14)15/h1,3-4H. The highest BCUT2D eigenvalue weighted by Gasteiger charge is 2.61. The lowest BCUT2D eigenvalue weighted by atomic mass is 10.1. The van der Waals surface area contributed by atoms with Gasteiger partial charge in [0.2, 0.25) is 6.17 Å². The Morgan fingerprint density at radius 3 is 1.73 bits per heavy atom. The van der Waals surface area contributed by atoms with Crippen molar-refractivity contribution in [3.8, 4) is 0 Å². The summed E-state index contributed by atoms with van der Waals surface area (Å²) in [7, 11) is 0. The van der Waals surface area contributed by atoms with Crippen LogP contribution in [-0.2, 0) is 0 Å². The van der Waals surface area contributed by atoms with Gasteiger partial charge in [-0.2, -0.15) is 22.0 Å². The molecule has 0 bridgehead atoms. The molecule has 2 atom stereocenters. The molecule has 0 saturated carbocycles. The van der Waals surface area contributed by atoms with Crippen LogP contribution in [0.4, 0.5) is 35.1 Å². The van der Waals surface area contributed by atoms with E-state index in [0.717, 1.165) is 0 Å². The largest absolute Gasteiger partial charge is 0.425 e. The van der Waals surface area contributed by atoms with E-state index in [0.29, 0.717) is 0 Å². The first-order valence-corrected chi connectivity index (χ1v) is 3.61. The van der Waals surface area contributed by atoms with E-state index >= 15 is 0 Å². The Kier molecular flexibility index (Phi) is 4.38. The zero-order valence-electron chi connectivity index (χ0n) is 6.63. The lowest BCUT2D eigenvalue weighted by Crippen LogP contribution is -2.48. The van der Waals surface area contributed by atoms with E-state index in [1.54, 1.807) is 0 Å². The molecule has 0 rings (SSSR count). The van der Waals surface area contributed by atoms with Crippen LogP contribution in [0.5, 0.6) is 0 Å². The minimum absolute atomic E-state index is 0.872. The molecule has 15 heavy (non-hydrogen) atoms. The molecule has 0 nitrogen and oxygen atoms in total. The number of alkyl halides is 7. The molecule has 0 fully saturated rings. The number of halogens is 9. The lowest BCUT2D eigenvalue weighted by molar-refractivity contribution is -0.255. The fourth-order valence-electron chi connectivity index (χ4n) is 0.586. The number of hydrogen-bond acceptors (Lipinski definition) is 0. The van der Waals surface area contributed by atoms with Gasteiger partial charge in [-0.15, -0.1) is 0 Å². The van der Waals surface area contributed by atoms with Crippen molar-refractivity contribution >= 4 is 11.6 Å². The Morgan fingerprint density at radius 1 is 1.07 bits per heavy atom. The van der Waals surface area contributed by atoms with Crippen molar-refractivity contribution in [1.29, 1.82) is 0 Å². The van der Waals surface area contributed by atoms with Crippen molar-refractivity contribution in [2.24, 2.45) is 0 Å². The molecule has 0 amide bonds. The Balaban J connectivity index is 4.97. The van der Waals surface area contributed by atoms with Crippen LogP contribution in [0, 0.1) is 0 Å². The third kappa shape index (κ3) is 3.22. The summed E-state index contributed by atoms with van der Waals surface area (Å²) >= 11 is 4.49. The molecule has 0 aliphatic carbocycles. The summed E-state index contributed by atoms with van der Waals surface area (Å²) in [6.45, 7) is 0. The van der Waals surface area contributed by atoms with Gasteiger partial charge in [-0.1, -0.05) is 11.6 Å². The smallest absolute Gasteiger partial charge is 0.234 e. The van der Waals surface area contributed by atoms with E-state index in [9.17, 15) is 35.1 Å². The maximum absolute atomic E-state index is 12.4. The molecule has 90 valence electrons. The van der Waals surface area contributed by atoms with Crippen molar-refractivity contribution in [3.63, 3.8) is 0 Å². The average Bonchev–Trinajstić information content (AvgIpc) is 2.12. The van der Waals surface area contributed by atoms with Crippen LogP contribution in [0.25, 0.3) is 0 Å². The van der Waals surface area contributed by atoms with Gasteiger partial charge in [-0.05, 0) is 0 Å². The number of rotatable bonds is 3.